The number of sulfonamides is 1. The summed E-state index contributed by atoms with van der Waals surface area (Å²) >= 11 is 0.928. The van der Waals surface area contributed by atoms with Gasteiger partial charge in [0.05, 0.1) is 22.5 Å². The first-order valence-corrected chi connectivity index (χ1v) is 13.4. The summed E-state index contributed by atoms with van der Waals surface area (Å²) < 4.78 is 47.4. The predicted octanol–water partition coefficient (Wildman–Crippen LogP) is 3.28. The number of ether oxygens (including phenoxy) is 1. The zero-order chi connectivity index (χ0) is 25.8. The van der Waals surface area contributed by atoms with Crippen LogP contribution < -0.4 is 9.39 Å². The maximum absolute atomic E-state index is 14.6. The van der Waals surface area contributed by atoms with Crippen molar-refractivity contribution in [2.45, 2.75) is 37.7 Å². The quantitative estimate of drug-likeness (QED) is 0.154. The number of amidine groups is 1. The minimum Gasteiger partial charge on any atom is -0.455 e. The topological polar surface area (TPSA) is 153 Å². The Morgan fingerprint density at radius 3 is 2.53 bits per heavy atom. The van der Waals surface area contributed by atoms with Crippen LogP contribution in [0.15, 0.2) is 28.6 Å². The lowest BCUT2D eigenvalue weighted by atomic mass is 10.2. The van der Waals surface area contributed by atoms with Gasteiger partial charge in [-0.25, -0.2) is 31.7 Å². The van der Waals surface area contributed by atoms with Crippen LogP contribution in [0.25, 0.3) is 0 Å². The average Bonchev–Trinajstić information content (AvgIpc) is 3.17. The Bertz CT molecular complexity index is 1200. The number of benzene rings is 1. The molecule has 1 amide bonds. The Labute approximate surface area is 202 Å². The van der Waals surface area contributed by atoms with Gasteiger partial charge in [-0.2, -0.15) is 0 Å². The third kappa shape index (κ3) is 6.69. The third-order valence-corrected chi connectivity index (χ3v) is 8.50. The summed E-state index contributed by atoms with van der Waals surface area (Å²) in [5.74, 6) is -2.99. The number of anilines is 2. The normalized spacial score (nSPS) is 12.0. The number of hydrogen-bond acceptors (Lipinski definition) is 9. The summed E-state index contributed by atoms with van der Waals surface area (Å²) in [5, 5.41) is 19.3. The first-order chi connectivity index (χ1) is 15.7. The molecule has 0 aliphatic carbocycles. The monoisotopic (exact) mass is 533 g/mol. The van der Waals surface area contributed by atoms with Gasteiger partial charge < -0.3 is 10.1 Å². The van der Waals surface area contributed by atoms with Crippen molar-refractivity contribution in [1.29, 1.82) is 5.41 Å². The van der Waals surface area contributed by atoms with Crippen molar-refractivity contribution in [3.63, 3.8) is 0 Å². The fraction of sp³-hybridized carbons (Fsp3) is 0.368. The van der Waals surface area contributed by atoms with Crippen LogP contribution in [0.1, 0.15) is 37.7 Å². The van der Waals surface area contributed by atoms with Crippen molar-refractivity contribution in [3.8, 4) is 0 Å². The fourth-order valence-corrected chi connectivity index (χ4v) is 6.56. The molecule has 0 radical (unpaired) electrons. The largest absolute Gasteiger partial charge is 0.455 e. The average molecular weight is 534 g/mol. The van der Waals surface area contributed by atoms with E-state index in [-0.39, 0.29) is 25.1 Å². The van der Waals surface area contributed by atoms with Gasteiger partial charge in [0.1, 0.15) is 22.3 Å². The third-order valence-electron chi connectivity index (χ3n) is 4.00. The molecule has 1 aromatic carbocycles. The number of thiazole rings is 1. The first-order valence-electron chi connectivity index (χ1n) is 9.66. The van der Waals surface area contributed by atoms with E-state index >= 15 is 0 Å². The van der Waals surface area contributed by atoms with E-state index in [4.69, 9.17) is 15.4 Å². The molecule has 15 heteroatoms. The second kappa shape index (κ2) is 10.7. The van der Waals surface area contributed by atoms with Crippen LogP contribution in [0, 0.1) is 11.2 Å². The predicted molar refractivity (Wildman–Crippen MR) is 128 cm³/mol. The van der Waals surface area contributed by atoms with Crippen molar-refractivity contribution in [1.82, 2.24) is 10.0 Å². The van der Waals surface area contributed by atoms with E-state index in [1.165, 1.54) is 5.51 Å². The molecule has 0 saturated heterocycles. The minimum atomic E-state index is -4.29. The van der Waals surface area contributed by atoms with Crippen molar-refractivity contribution in [2.75, 3.05) is 23.1 Å². The van der Waals surface area contributed by atoms with E-state index in [0.29, 0.717) is 5.06 Å². The maximum atomic E-state index is 14.6. The molecule has 0 bridgehead atoms. The molecule has 3 N–H and O–H groups in total. The van der Waals surface area contributed by atoms with Gasteiger partial charge in [-0.1, -0.05) is 0 Å². The van der Waals surface area contributed by atoms with Crippen molar-refractivity contribution in [3.05, 3.63) is 35.2 Å². The van der Waals surface area contributed by atoms with Gasteiger partial charge in [0.15, 0.2) is 5.69 Å². The van der Waals surface area contributed by atoms with E-state index in [9.17, 15) is 22.4 Å². The molecule has 11 nitrogen and oxygen atoms in total. The number of amides is 1. The zero-order valence-corrected chi connectivity index (χ0v) is 21.7. The number of halogens is 1. The molecular weight excluding hydrogens is 508 g/mol. The van der Waals surface area contributed by atoms with Crippen molar-refractivity contribution < 1.29 is 32.3 Å². The summed E-state index contributed by atoms with van der Waals surface area (Å²) in [5.41, 5.74) is 0.0382. The van der Waals surface area contributed by atoms with Crippen LogP contribution >= 0.6 is 20.1 Å². The Morgan fingerprint density at radius 1 is 1.35 bits per heavy atom. The summed E-state index contributed by atoms with van der Waals surface area (Å²) in [7, 11) is -3.48. The Hall–Kier alpha value is -2.67. The number of carbonyl (C=O) groups is 2. The summed E-state index contributed by atoms with van der Waals surface area (Å²) in [6.07, 6.45) is -0.518. The highest BCUT2D eigenvalue weighted by atomic mass is 32.2. The summed E-state index contributed by atoms with van der Waals surface area (Å²) in [4.78, 5) is 28.0. The van der Waals surface area contributed by atoms with E-state index in [2.05, 4.69) is 10.3 Å². The lowest BCUT2D eigenvalue weighted by molar-refractivity contribution is -0.115. The number of hydrogen-bond donors (Lipinski definition) is 3. The van der Waals surface area contributed by atoms with E-state index in [0.717, 1.165) is 40.7 Å². The van der Waals surface area contributed by atoms with E-state index in [1.54, 1.807) is 27.4 Å². The number of rotatable bonds is 8. The van der Waals surface area contributed by atoms with Crippen molar-refractivity contribution >= 4 is 58.5 Å². The molecule has 2 aromatic rings. The molecule has 1 atom stereocenters. The number of hydroxylamine groups is 2. The fourth-order valence-electron chi connectivity index (χ4n) is 2.51. The molecular formula is C19H25FN5O6PS2. The van der Waals surface area contributed by atoms with Crippen LogP contribution in [-0.4, -0.2) is 60.7 Å². The number of nitrogens with one attached hydrogen (secondary N) is 2. The van der Waals surface area contributed by atoms with Crippen LogP contribution in [-0.2, 0) is 19.6 Å². The first kappa shape index (κ1) is 27.6. The number of nitrogens with zero attached hydrogens (tertiary/aromatic N) is 3. The van der Waals surface area contributed by atoms with Crippen LogP contribution in [0.5, 0.6) is 0 Å². The second-order valence-corrected chi connectivity index (χ2v) is 11.7. The summed E-state index contributed by atoms with van der Waals surface area (Å²) in [6, 6.07) is 2.93. The molecule has 0 fully saturated rings. The van der Waals surface area contributed by atoms with E-state index < -0.39 is 50.5 Å². The van der Waals surface area contributed by atoms with Crippen LogP contribution in [0.2, 0.25) is 0 Å². The Balaban J connectivity index is 2.33. The molecule has 1 unspecified atom stereocenters. The van der Waals surface area contributed by atoms with Gasteiger partial charge in [-0.05, 0) is 54.4 Å². The van der Waals surface area contributed by atoms with Gasteiger partial charge in [-0.15, -0.1) is 11.3 Å². The molecule has 1 aromatic heterocycles. The highest BCUT2D eigenvalue weighted by Gasteiger charge is 2.32. The van der Waals surface area contributed by atoms with Gasteiger partial charge in [0.25, 0.3) is 10.0 Å². The zero-order valence-electron chi connectivity index (χ0n) is 19.0. The van der Waals surface area contributed by atoms with Crippen molar-refractivity contribution in [2.24, 2.45) is 0 Å². The SMILES string of the molecule is CPN(c1scnc1C(=O)OC(C)(C)C)S(=O)(=O)c1ccc(NC(=O)CC(=N)N(C)O)c(F)c1. The highest BCUT2D eigenvalue weighted by molar-refractivity contribution is 7.98. The lowest BCUT2D eigenvalue weighted by Gasteiger charge is -2.23. The van der Waals surface area contributed by atoms with Gasteiger partial charge in [-0.3, -0.25) is 15.4 Å². The molecule has 0 spiro atoms. The molecule has 34 heavy (non-hydrogen) atoms. The highest BCUT2D eigenvalue weighted by Crippen LogP contribution is 2.38. The Kier molecular flexibility index (Phi) is 8.70. The second-order valence-electron chi connectivity index (χ2n) is 7.84. The van der Waals surface area contributed by atoms with Gasteiger partial charge >= 0.3 is 5.97 Å². The number of esters is 1. The molecule has 2 rings (SSSR count). The molecule has 186 valence electrons. The standard InChI is InChI=1S/C19H25FN5O6PS2/c1-19(2,3)31-18(27)16-17(33-10-22-16)25(32-5)34(29,30)11-6-7-13(12(20)8-11)23-15(26)9-14(21)24(4)28/h6-8,10,21,28,32H,9H2,1-5H3,(H,23,26). The van der Waals surface area contributed by atoms with E-state index in [1.807, 2.05) is 0 Å². The maximum Gasteiger partial charge on any atom is 0.360 e. The van der Waals surface area contributed by atoms with Gasteiger partial charge in [0, 0.05) is 7.05 Å². The Morgan fingerprint density at radius 2 is 2.00 bits per heavy atom. The van der Waals surface area contributed by atoms with Crippen LogP contribution in [0.4, 0.5) is 15.1 Å². The number of aromatic nitrogens is 1. The molecule has 0 aliphatic rings. The van der Waals surface area contributed by atoms with Gasteiger partial charge in [0.2, 0.25) is 5.91 Å². The number of carbonyl (C=O) groups excluding carboxylic acids is 2. The lowest BCUT2D eigenvalue weighted by Crippen LogP contribution is -2.28. The smallest absolute Gasteiger partial charge is 0.360 e. The molecule has 1 heterocycles. The van der Waals surface area contributed by atoms with Crippen LogP contribution in [0.3, 0.4) is 0 Å². The molecule has 0 saturated carbocycles. The minimum absolute atomic E-state index is 0.0412. The summed E-state index contributed by atoms with van der Waals surface area (Å²) in [6.45, 7) is 6.58. The molecule has 0 aliphatic heterocycles.